The van der Waals surface area contributed by atoms with Gasteiger partial charge in [0.15, 0.2) is 0 Å². The molecule has 2 N–H and O–H groups in total. The fraction of sp³-hybridized carbons (Fsp3) is 0.333. The Hall–Kier alpha value is -2.08. The fourth-order valence-electron chi connectivity index (χ4n) is 1.77. The number of carbonyl (C=O) groups excluding carboxylic acids is 1. The number of carbonyl (C=O) groups is 1. The highest BCUT2D eigenvalue weighted by molar-refractivity contribution is 7.09. The molecule has 0 unspecified atom stereocenters. The zero-order valence-electron chi connectivity index (χ0n) is 12.1. The van der Waals surface area contributed by atoms with Gasteiger partial charge in [-0.15, -0.1) is 11.3 Å². The lowest BCUT2D eigenvalue weighted by atomic mass is 10.3. The zero-order chi connectivity index (χ0) is 15.1. The third-order valence-electron chi connectivity index (χ3n) is 2.80. The molecule has 0 spiro atoms. The van der Waals surface area contributed by atoms with Crippen LogP contribution in [0.2, 0.25) is 0 Å². The number of rotatable bonds is 6. The first-order valence-corrected chi connectivity index (χ1v) is 7.68. The smallest absolute Gasteiger partial charge is 0.315 e. The van der Waals surface area contributed by atoms with E-state index in [1.54, 1.807) is 6.20 Å². The molecule has 1 heterocycles. The highest BCUT2D eigenvalue weighted by Crippen LogP contribution is 2.14. The molecular formula is C15H19N3O2S. The second kappa shape index (κ2) is 7.64. The quantitative estimate of drug-likeness (QED) is 0.862. The second-order valence-corrected chi connectivity index (χ2v) is 5.61. The molecule has 2 amide bonds. The average Bonchev–Trinajstić information content (AvgIpc) is 3.00. The van der Waals surface area contributed by atoms with Gasteiger partial charge in [-0.1, -0.05) is 18.2 Å². The number of amides is 2. The van der Waals surface area contributed by atoms with Crippen molar-refractivity contribution in [3.05, 3.63) is 46.9 Å². The number of urea groups is 1. The van der Waals surface area contributed by atoms with E-state index < -0.39 is 0 Å². The van der Waals surface area contributed by atoms with Gasteiger partial charge < -0.3 is 15.4 Å². The van der Waals surface area contributed by atoms with Gasteiger partial charge in [-0.3, -0.25) is 0 Å². The van der Waals surface area contributed by atoms with Gasteiger partial charge in [0.05, 0.1) is 12.6 Å². The molecule has 2 aromatic rings. The summed E-state index contributed by atoms with van der Waals surface area (Å²) in [5.74, 6) is 0.795. The van der Waals surface area contributed by atoms with Crippen molar-refractivity contribution in [2.24, 2.45) is 0 Å². The summed E-state index contributed by atoms with van der Waals surface area (Å²) in [5.41, 5.74) is 0. The van der Waals surface area contributed by atoms with Crippen molar-refractivity contribution in [2.45, 2.75) is 26.0 Å². The Labute approximate surface area is 128 Å². The Morgan fingerprint density at radius 1 is 1.33 bits per heavy atom. The third-order valence-corrected chi connectivity index (χ3v) is 3.76. The minimum absolute atomic E-state index is 0.102. The van der Waals surface area contributed by atoms with Crippen LogP contribution in [0.5, 0.6) is 5.75 Å². The summed E-state index contributed by atoms with van der Waals surface area (Å²) in [6.45, 7) is 4.26. The molecule has 0 saturated heterocycles. The number of ether oxygens (including phenoxy) is 1. The van der Waals surface area contributed by atoms with Gasteiger partial charge in [-0.05, 0) is 26.0 Å². The van der Waals surface area contributed by atoms with Gasteiger partial charge in [0, 0.05) is 11.6 Å². The molecule has 0 aliphatic carbocycles. The van der Waals surface area contributed by atoms with Crippen LogP contribution in [0.1, 0.15) is 24.9 Å². The molecule has 112 valence electrons. The molecule has 2 rings (SSSR count). The summed E-state index contributed by atoms with van der Waals surface area (Å²) in [7, 11) is 0. The van der Waals surface area contributed by atoms with Crippen molar-refractivity contribution in [1.82, 2.24) is 15.6 Å². The molecule has 5 nitrogen and oxygen atoms in total. The first kappa shape index (κ1) is 15.3. The minimum atomic E-state index is -0.221. The number of aromatic nitrogens is 1. The van der Waals surface area contributed by atoms with Crippen molar-refractivity contribution in [2.75, 3.05) is 6.54 Å². The third kappa shape index (κ3) is 5.07. The topological polar surface area (TPSA) is 63.2 Å². The van der Waals surface area contributed by atoms with E-state index in [1.165, 1.54) is 11.3 Å². The summed E-state index contributed by atoms with van der Waals surface area (Å²) in [5, 5.41) is 8.42. The van der Waals surface area contributed by atoms with E-state index in [0.29, 0.717) is 6.54 Å². The van der Waals surface area contributed by atoms with Crippen molar-refractivity contribution in [3.8, 4) is 5.75 Å². The summed E-state index contributed by atoms with van der Waals surface area (Å²) in [6.07, 6.45) is 1.62. The number of hydrogen-bond donors (Lipinski definition) is 2. The van der Waals surface area contributed by atoms with Gasteiger partial charge in [0.1, 0.15) is 16.9 Å². The zero-order valence-corrected chi connectivity index (χ0v) is 12.9. The first-order chi connectivity index (χ1) is 10.1. The van der Waals surface area contributed by atoms with Crippen LogP contribution in [-0.4, -0.2) is 23.7 Å². The molecule has 1 aromatic carbocycles. The molecule has 1 aromatic heterocycles. The van der Waals surface area contributed by atoms with Gasteiger partial charge in [0.25, 0.3) is 0 Å². The minimum Gasteiger partial charge on any atom is -0.489 e. The summed E-state index contributed by atoms with van der Waals surface area (Å²) in [4.78, 5) is 16.0. The molecular weight excluding hydrogens is 286 g/mol. The Balaban J connectivity index is 1.71. The van der Waals surface area contributed by atoms with Crippen LogP contribution in [0.25, 0.3) is 0 Å². The van der Waals surface area contributed by atoms with E-state index in [1.807, 2.05) is 49.6 Å². The molecule has 6 heteroatoms. The van der Waals surface area contributed by atoms with Crippen LogP contribution in [-0.2, 0) is 0 Å². The normalized spacial score (nSPS) is 13.2. The van der Waals surface area contributed by atoms with Crippen molar-refractivity contribution < 1.29 is 9.53 Å². The van der Waals surface area contributed by atoms with Crippen LogP contribution in [0.4, 0.5) is 4.79 Å². The van der Waals surface area contributed by atoms with E-state index in [-0.39, 0.29) is 18.2 Å². The second-order valence-electron chi connectivity index (χ2n) is 4.69. The maximum atomic E-state index is 11.8. The lowest BCUT2D eigenvalue weighted by molar-refractivity contribution is 0.206. The van der Waals surface area contributed by atoms with Crippen molar-refractivity contribution in [1.29, 1.82) is 0 Å². The molecule has 0 aliphatic heterocycles. The van der Waals surface area contributed by atoms with E-state index in [0.717, 1.165) is 10.8 Å². The van der Waals surface area contributed by atoms with Gasteiger partial charge in [-0.25, -0.2) is 9.78 Å². The SMILES string of the molecule is C[C@@H](CNC(=O)N[C@H](C)c1nccs1)Oc1ccccc1. The Morgan fingerprint density at radius 2 is 2.10 bits per heavy atom. The van der Waals surface area contributed by atoms with E-state index in [4.69, 9.17) is 4.74 Å². The maximum absolute atomic E-state index is 11.8. The van der Waals surface area contributed by atoms with Crippen LogP contribution in [0.3, 0.4) is 0 Å². The first-order valence-electron chi connectivity index (χ1n) is 6.80. The number of nitrogens with zero attached hydrogens (tertiary/aromatic N) is 1. The Morgan fingerprint density at radius 3 is 2.76 bits per heavy atom. The summed E-state index contributed by atoms with van der Waals surface area (Å²) < 4.78 is 5.69. The largest absolute Gasteiger partial charge is 0.489 e. The molecule has 0 aliphatic rings. The number of hydrogen-bond acceptors (Lipinski definition) is 4. The Kier molecular flexibility index (Phi) is 5.57. The van der Waals surface area contributed by atoms with Crippen LogP contribution < -0.4 is 15.4 Å². The van der Waals surface area contributed by atoms with Gasteiger partial charge >= 0.3 is 6.03 Å². The predicted octanol–water partition coefficient (Wildman–Crippen LogP) is 2.97. The molecule has 0 bridgehead atoms. The van der Waals surface area contributed by atoms with E-state index in [2.05, 4.69) is 15.6 Å². The van der Waals surface area contributed by atoms with Crippen molar-refractivity contribution >= 4 is 17.4 Å². The predicted molar refractivity (Wildman–Crippen MR) is 83.6 cm³/mol. The number of benzene rings is 1. The van der Waals surface area contributed by atoms with Crippen LogP contribution >= 0.6 is 11.3 Å². The fourth-order valence-corrected chi connectivity index (χ4v) is 2.41. The Bertz CT molecular complexity index is 545. The highest BCUT2D eigenvalue weighted by atomic mass is 32.1. The summed E-state index contributed by atoms with van der Waals surface area (Å²) >= 11 is 1.52. The lowest BCUT2D eigenvalue weighted by Gasteiger charge is -2.17. The molecule has 0 fully saturated rings. The molecule has 21 heavy (non-hydrogen) atoms. The maximum Gasteiger partial charge on any atom is 0.315 e. The molecule has 0 saturated carbocycles. The van der Waals surface area contributed by atoms with Crippen molar-refractivity contribution in [3.63, 3.8) is 0 Å². The van der Waals surface area contributed by atoms with E-state index >= 15 is 0 Å². The number of para-hydroxylation sites is 1. The highest BCUT2D eigenvalue weighted by Gasteiger charge is 2.12. The monoisotopic (exact) mass is 305 g/mol. The molecule has 0 radical (unpaired) electrons. The molecule has 2 atom stereocenters. The number of thiazole rings is 1. The van der Waals surface area contributed by atoms with E-state index in [9.17, 15) is 4.79 Å². The number of nitrogens with one attached hydrogen (secondary N) is 2. The lowest BCUT2D eigenvalue weighted by Crippen LogP contribution is -2.41. The van der Waals surface area contributed by atoms with Crippen LogP contribution in [0.15, 0.2) is 41.9 Å². The van der Waals surface area contributed by atoms with Gasteiger partial charge in [0.2, 0.25) is 0 Å². The summed E-state index contributed by atoms with van der Waals surface area (Å²) in [6, 6.07) is 9.22. The standard InChI is InChI=1S/C15H19N3O2S/c1-11(20-13-6-4-3-5-7-13)10-17-15(19)18-12(2)14-16-8-9-21-14/h3-9,11-12H,10H2,1-2H3,(H2,17,18,19)/t11-,12+/m0/s1. The van der Waals surface area contributed by atoms with Crippen LogP contribution in [0, 0.1) is 0 Å². The average molecular weight is 305 g/mol. The van der Waals surface area contributed by atoms with Gasteiger partial charge in [-0.2, -0.15) is 0 Å².